The van der Waals surface area contributed by atoms with Gasteiger partial charge in [0.15, 0.2) is 0 Å². The average Bonchev–Trinajstić information content (AvgIpc) is 2.18. The Morgan fingerprint density at radius 1 is 1.67 bits per heavy atom. The van der Waals surface area contributed by atoms with Gasteiger partial charge in [0.1, 0.15) is 0 Å². The molecule has 12 heavy (non-hydrogen) atoms. The van der Waals surface area contributed by atoms with Crippen LogP contribution >= 0.6 is 0 Å². The van der Waals surface area contributed by atoms with Gasteiger partial charge in [0, 0.05) is 24.4 Å². The Morgan fingerprint density at radius 2 is 2.42 bits per heavy atom. The number of aliphatic hydroxyl groups is 1. The summed E-state index contributed by atoms with van der Waals surface area (Å²) >= 11 is 0. The van der Waals surface area contributed by atoms with Gasteiger partial charge >= 0.3 is 0 Å². The van der Waals surface area contributed by atoms with Crippen LogP contribution < -0.4 is 5.73 Å². The molecule has 3 nitrogen and oxygen atoms in total. The topological polar surface area (TPSA) is 59.1 Å². The minimum Gasteiger partial charge on any atom is -0.395 e. The number of rotatable bonds is 3. The van der Waals surface area contributed by atoms with Crippen molar-refractivity contribution in [1.82, 2.24) is 4.98 Å². The van der Waals surface area contributed by atoms with Crippen LogP contribution in [0.5, 0.6) is 0 Å². The molecule has 0 aliphatic rings. The minimum atomic E-state index is -0.353. The van der Waals surface area contributed by atoms with Crippen LogP contribution in [0.1, 0.15) is 12.5 Å². The Bertz CT molecular complexity index is 232. The molecule has 1 atom stereocenters. The molecule has 0 amide bonds. The predicted octanol–water partition coefficient (Wildman–Crippen LogP) is 0.290. The third kappa shape index (κ3) is 1.62. The molecule has 3 heteroatoms. The maximum Gasteiger partial charge on any atom is 0.0538 e. The fraction of sp³-hybridized carbons (Fsp3) is 0.444. The van der Waals surface area contributed by atoms with E-state index in [9.17, 15) is 0 Å². The normalized spacial score (nSPS) is 15.6. The number of nitrogens with two attached hydrogens (primary N) is 1. The van der Waals surface area contributed by atoms with Gasteiger partial charge in [-0.25, -0.2) is 0 Å². The van der Waals surface area contributed by atoms with E-state index < -0.39 is 0 Å². The highest BCUT2D eigenvalue weighted by Gasteiger charge is 2.23. The summed E-state index contributed by atoms with van der Waals surface area (Å²) in [5, 5.41) is 9.13. The molecule has 0 bridgehead atoms. The van der Waals surface area contributed by atoms with E-state index in [1.807, 2.05) is 19.1 Å². The van der Waals surface area contributed by atoms with Crippen LogP contribution in [0.3, 0.4) is 0 Å². The number of hydrogen-bond donors (Lipinski definition) is 2. The molecule has 3 N–H and O–H groups in total. The summed E-state index contributed by atoms with van der Waals surface area (Å²) in [5.41, 5.74) is 6.19. The van der Waals surface area contributed by atoms with Crippen molar-refractivity contribution in [1.29, 1.82) is 0 Å². The largest absolute Gasteiger partial charge is 0.395 e. The molecule has 0 saturated carbocycles. The Kier molecular flexibility index (Phi) is 2.78. The Labute approximate surface area is 72.2 Å². The zero-order valence-corrected chi connectivity index (χ0v) is 7.20. The summed E-state index contributed by atoms with van der Waals surface area (Å²) in [4.78, 5) is 3.98. The van der Waals surface area contributed by atoms with Gasteiger partial charge in [-0.15, -0.1) is 0 Å². The van der Waals surface area contributed by atoms with Crippen LogP contribution in [0.4, 0.5) is 0 Å². The molecule has 1 heterocycles. The fourth-order valence-electron chi connectivity index (χ4n) is 0.993. The van der Waals surface area contributed by atoms with E-state index in [0.717, 1.165) is 5.56 Å². The van der Waals surface area contributed by atoms with E-state index in [0.29, 0.717) is 6.54 Å². The predicted molar refractivity (Wildman–Crippen MR) is 47.7 cm³/mol. The minimum absolute atomic E-state index is 0.0508. The first-order chi connectivity index (χ1) is 5.73. The lowest BCUT2D eigenvalue weighted by atomic mass is 9.84. The van der Waals surface area contributed by atoms with Crippen molar-refractivity contribution >= 4 is 0 Å². The van der Waals surface area contributed by atoms with Crippen LogP contribution in [0.25, 0.3) is 0 Å². The molecule has 1 aromatic heterocycles. The van der Waals surface area contributed by atoms with Crippen LogP contribution in [-0.2, 0) is 5.41 Å². The second-order valence-corrected chi connectivity index (χ2v) is 3.16. The van der Waals surface area contributed by atoms with E-state index in [4.69, 9.17) is 10.8 Å². The molecule has 0 spiro atoms. The molecule has 0 saturated heterocycles. The molecular formula is C9H14N2O. The first-order valence-electron chi connectivity index (χ1n) is 3.94. The third-order valence-electron chi connectivity index (χ3n) is 2.16. The summed E-state index contributed by atoms with van der Waals surface area (Å²) in [6, 6.07) is 3.77. The van der Waals surface area contributed by atoms with Crippen LogP contribution in [0, 0.1) is 0 Å². The van der Waals surface area contributed by atoms with Gasteiger partial charge in [-0.05, 0) is 11.6 Å². The van der Waals surface area contributed by atoms with Crippen molar-refractivity contribution < 1.29 is 5.11 Å². The smallest absolute Gasteiger partial charge is 0.0538 e. The molecule has 0 fully saturated rings. The van der Waals surface area contributed by atoms with Crippen molar-refractivity contribution in [3.05, 3.63) is 30.1 Å². The molecule has 1 aromatic rings. The van der Waals surface area contributed by atoms with Gasteiger partial charge in [0.05, 0.1) is 6.61 Å². The maximum atomic E-state index is 9.13. The molecule has 0 aromatic carbocycles. The van der Waals surface area contributed by atoms with E-state index in [-0.39, 0.29) is 12.0 Å². The van der Waals surface area contributed by atoms with Gasteiger partial charge in [-0.1, -0.05) is 13.0 Å². The first kappa shape index (κ1) is 9.16. The van der Waals surface area contributed by atoms with E-state index in [1.165, 1.54) is 0 Å². The van der Waals surface area contributed by atoms with Crippen molar-refractivity contribution in [3.8, 4) is 0 Å². The SMILES string of the molecule is CC(CN)(CO)c1cccnc1. The van der Waals surface area contributed by atoms with Crippen LogP contribution in [-0.4, -0.2) is 23.2 Å². The Morgan fingerprint density at radius 3 is 2.83 bits per heavy atom. The summed E-state index contributed by atoms with van der Waals surface area (Å²) < 4.78 is 0. The summed E-state index contributed by atoms with van der Waals surface area (Å²) in [6.45, 7) is 2.40. The number of nitrogens with zero attached hydrogens (tertiary/aromatic N) is 1. The lowest BCUT2D eigenvalue weighted by Crippen LogP contribution is -2.35. The van der Waals surface area contributed by atoms with Crippen molar-refractivity contribution in [2.45, 2.75) is 12.3 Å². The molecule has 0 radical (unpaired) electrons. The molecular weight excluding hydrogens is 152 g/mol. The second-order valence-electron chi connectivity index (χ2n) is 3.16. The van der Waals surface area contributed by atoms with Gasteiger partial charge in [0.2, 0.25) is 0 Å². The number of hydrogen-bond acceptors (Lipinski definition) is 3. The zero-order chi connectivity index (χ0) is 9.03. The van der Waals surface area contributed by atoms with Crippen molar-refractivity contribution in [2.75, 3.05) is 13.2 Å². The summed E-state index contributed by atoms with van der Waals surface area (Å²) in [5.74, 6) is 0. The highest BCUT2D eigenvalue weighted by atomic mass is 16.3. The quantitative estimate of drug-likeness (QED) is 0.678. The Hall–Kier alpha value is -0.930. The van der Waals surface area contributed by atoms with Crippen molar-refractivity contribution in [2.24, 2.45) is 5.73 Å². The van der Waals surface area contributed by atoms with Gasteiger partial charge in [0.25, 0.3) is 0 Å². The van der Waals surface area contributed by atoms with Crippen molar-refractivity contribution in [3.63, 3.8) is 0 Å². The third-order valence-corrected chi connectivity index (χ3v) is 2.16. The molecule has 0 aliphatic carbocycles. The van der Waals surface area contributed by atoms with Gasteiger partial charge in [-0.3, -0.25) is 4.98 Å². The highest BCUT2D eigenvalue weighted by Crippen LogP contribution is 2.20. The van der Waals surface area contributed by atoms with E-state index >= 15 is 0 Å². The highest BCUT2D eigenvalue weighted by molar-refractivity contribution is 5.21. The summed E-state index contributed by atoms with van der Waals surface area (Å²) in [7, 11) is 0. The van der Waals surface area contributed by atoms with Gasteiger partial charge < -0.3 is 10.8 Å². The Balaban J connectivity index is 2.95. The van der Waals surface area contributed by atoms with Crippen LogP contribution in [0.2, 0.25) is 0 Å². The number of aromatic nitrogens is 1. The molecule has 0 aliphatic heterocycles. The van der Waals surface area contributed by atoms with Crippen LogP contribution in [0.15, 0.2) is 24.5 Å². The lowest BCUT2D eigenvalue weighted by molar-refractivity contribution is 0.210. The number of aliphatic hydroxyl groups excluding tert-OH is 1. The van der Waals surface area contributed by atoms with E-state index in [2.05, 4.69) is 4.98 Å². The lowest BCUT2D eigenvalue weighted by Gasteiger charge is -2.25. The molecule has 66 valence electrons. The second kappa shape index (κ2) is 3.65. The fourth-order valence-corrected chi connectivity index (χ4v) is 0.993. The summed E-state index contributed by atoms with van der Waals surface area (Å²) in [6.07, 6.45) is 3.45. The molecule has 1 unspecified atom stereocenters. The van der Waals surface area contributed by atoms with Gasteiger partial charge in [-0.2, -0.15) is 0 Å². The van der Waals surface area contributed by atoms with E-state index in [1.54, 1.807) is 12.4 Å². The molecule has 1 rings (SSSR count). The number of pyridine rings is 1. The monoisotopic (exact) mass is 166 g/mol. The average molecular weight is 166 g/mol. The standard InChI is InChI=1S/C9H14N2O/c1-9(6-10,7-12)8-3-2-4-11-5-8/h2-5,12H,6-7,10H2,1H3. The first-order valence-corrected chi connectivity index (χ1v) is 3.94. The zero-order valence-electron chi connectivity index (χ0n) is 7.20. The maximum absolute atomic E-state index is 9.13.